The molecule has 0 aliphatic carbocycles. The van der Waals surface area contributed by atoms with E-state index in [1.165, 1.54) is 11.3 Å². The minimum absolute atomic E-state index is 0.00469. The molecule has 7 nitrogen and oxygen atoms in total. The van der Waals surface area contributed by atoms with Crippen molar-refractivity contribution in [3.8, 4) is 0 Å². The zero-order valence-electron chi connectivity index (χ0n) is 14.8. The van der Waals surface area contributed by atoms with E-state index < -0.39 is 0 Å². The molecule has 4 heterocycles. The summed E-state index contributed by atoms with van der Waals surface area (Å²) in [6, 6.07) is 3.69. The highest BCUT2D eigenvalue weighted by atomic mass is 32.1. The standard InChI is InChI=1S/C18H23N5O2S/c1-12-19-14-6-8-23(11-15(14)20-12)18(25)21-13-4-2-7-22(10-13)17(24)16-5-3-9-26-16/h3,5,9,13H,2,4,6-8,10-11H2,1H3,(H,19,20)(H,21,25). The third-order valence-electron chi connectivity index (χ3n) is 5.01. The van der Waals surface area contributed by atoms with Gasteiger partial charge >= 0.3 is 6.03 Å². The van der Waals surface area contributed by atoms with Crippen LogP contribution < -0.4 is 5.32 Å². The lowest BCUT2D eigenvalue weighted by atomic mass is 10.1. The minimum atomic E-state index is -0.0571. The molecule has 1 unspecified atom stereocenters. The van der Waals surface area contributed by atoms with Crippen molar-refractivity contribution in [2.45, 2.75) is 38.8 Å². The van der Waals surface area contributed by atoms with Gasteiger partial charge in [0.1, 0.15) is 5.82 Å². The van der Waals surface area contributed by atoms with E-state index in [4.69, 9.17) is 0 Å². The fourth-order valence-corrected chi connectivity index (χ4v) is 4.40. The number of nitrogens with one attached hydrogen (secondary N) is 2. The molecule has 2 N–H and O–H groups in total. The zero-order valence-corrected chi connectivity index (χ0v) is 15.6. The number of piperidine rings is 1. The molecule has 0 radical (unpaired) electrons. The van der Waals surface area contributed by atoms with Gasteiger partial charge in [0, 0.05) is 32.1 Å². The number of hydrogen-bond donors (Lipinski definition) is 2. The Morgan fingerprint density at radius 2 is 2.23 bits per heavy atom. The second kappa shape index (κ2) is 7.11. The number of nitrogens with zero attached hydrogens (tertiary/aromatic N) is 3. The van der Waals surface area contributed by atoms with Gasteiger partial charge in [-0.3, -0.25) is 4.79 Å². The summed E-state index contributed by atoms with van der Waals surface area (Å²) in [7, 11) is 0. The van der Waals surface area contributed by atoms with Crippen LogP contribution in [0.3, 0.4) is 0 Å². The predicted molar refractivity (Wildman–Crippen MR) is 99.2 cm³/mol. The molecule has 0 spiro atoms. The fraction of sp³-hybridized carbons (Fsp3) is 0.500. The van der Waals surface area contributed by atoms with Gasteiger partial charge < -0.3 is 20.1 Å². The molecule has 0 saturated carbocycles. The van der Waals surface area contributed by atoms with E-state index in [1.54, 1.807) is 0 Å². The first kappa shape index (κ1) is 17.1. The lowest BCUT2D eigenvalue weighted by molar-refractivity contribution is 0.0698. The number of carbonyl (C=O) groups excluding carboxylic acids is 2. The fourth-order valence-electron chi connectivity index (χ4n) is 3.71. The summed E-state index contributed by atoms with van der Waals surface area (Å²) >= 11 is 1.46. The van der Waals surface area contributed by atoms with Crippen molar-refractivity contribution in [1.82, 2.24) is 25.1 Å². The molecule has 3 amide bonds. The maximum absolute atomic E-state index is 12.7. The lowest BCUT2D eigenvalue weighted by Gasteiger charge is -2.35. The number of aryl methyl sites for hydroxylation is 1. The summed E-state index contributed by atoms with van der Waals surface area (Å²) < 4.78 is 0. The predicted octanol–water partition coefficient (Wildman–Crippen LogP) is 2.15. The van der Waals surface area contributed by atoms with Crippen molar-refractivity contribution in [3.05, 3.63) is 39.6 Å². The van der Waals surface area contributed by atoms with Crippen LogP contribution in [-0.4, -0.2) is 57.4 Å². The van der Waals surface area contributed by atoms with Crippen molar-refractivity contribution in [2.24, 2.45) is 0 Å². The van der Waals surface area contributed by atoms with Crippen LogP contribution in [0.2, 0.25) is 0 Å². The van der Waals surface area contributed by atoms with E-state index in [2.05, 4.69) is 15.3 Å². The van der Waals surface area contributed by atoms with Crippen molar-refractivity contribution >= 4 is 23.3 Å². The van der Waals surface area contributed by atoms with Gasteiger partial charge in [-0.1, -0.05) is 6.07 Å². The third-order valence-corrected chi connectivity index (χ3v) is 5.86. The van der Waals surface area contributed by atoms with E-state index >= 15 is 0 Å². The van der Waals surface area contributed by atoms with Crippen LogP contribution in [0.25, 0.3) is 0 Å². The highest BCUT2D eigenvalue weighted by Gasteiger charge is 2.29. The average Bonchev–Trinajstić information content (AvgIpc) is 3.29. The largest absolute Gasteiger partial charge is 0.344 e. The first-order valence-electron chi connectivity index (χ1n) is 9.03. The van der Waals surface area contributed by atoms with Gasteiger partial charge in [-0.2, -0.15) is 0 Å². The third kappa shape index (κ3) is 3.46. The zero-order chi connectivity index (χ0) is 18.1. The molecular weight excluding hydrogens is 350 g/mol. The monoisotopic (exact) mass is 373 g/mol. The Labute approximate surface area is 156 Å². The number of rotatable bonds is 2. The number of imidazole rings is 1. The first-order chi connectivity index (χ1) is 12.6. The van der Waals surface area contributed by atoms with Crippen molar-refractivity contribution in [3.63, 3.8) is 0 Å². The van der Waals surface area contributed by atoms with E-state index in [9.17, 15) is 9.59 Å². The molecule has 1 saturated heterocycles. The Bertz CT molecular complexity index is 801. The molecule has 1 fully saturated rings. The highest BCUT2D eigenvalue weighted by Crippen LogP contribution is 2.19. The summed E-state index contributed by atoms with van der Waals surface area (Å²) in [5.41, 5.74) is 2.10. The molecule has 138 valence electrons. The van der Waals surface area contributed by atoms with E-state index in [0.717, 1.165) is 47.9 Å². The Hall–Kier alpha value is -2.35. The Balaban J connectivity index is 1.35. The number of aromatic nitrogens is 2. The van der Waals surface area contributed by atoms with Gasteiger partial charge in [-0.25, -0.2) is 9.78 Å². The van der Waals surface area contributed by atoms with Crippen molar-refractivity contribution in [2.75, 3.05) is 19.6 Å². The van der Waals surface area contributed by atoms with Crippen molar-refractivity contribution in [1.29, 1.82) is 0 Å². The molecule has 2 aliphatic heterocycles. The molecule has 2 aliphatic rings. The molecule has 2 aromatic heterocycles. The van der Waals surface area contributed by atoms with Crippen LogP contribution in [0.5, 0.6) is 0 Å². The van der Waals surface area contributed by atoms with Gasteiger partial charge in [0.05, 0.1) is 22.8 Å². The molecule has 4 rings (SSSR count). The number of fused-ring (bicyclic) bond motifs is 1. The van der Waals surface area contributed by atoms with Crippen LogP contribution in [0.4, 0.5) is 4.79 Å². The number of urea groups is 1. The Morgan fingerprint density at radius 1 is 1.35 bits per heavy atom. The number of H-pyrrole nitrogens is 1. The molecule has 8 heteroatoms. The highest BCUT2D eigenvalue weighted by molar-refractivity contribution is 7.12. The molecular formula is C18H23N5O2S. The van der Waals surface area contributed by atoms with Crippen LogP contribution in [0.15, 0.2) is 17.5 Å². The maximum Gasteiger partial charge on any atom is 0.318 e. The molecule has 1 atom stereocenters. The lowest BCUT2D eigenvalue weighted by Crippen LogP contribution is -2.53. The van der Waals surface area contributed by atoms with Gasteiger partial charge in [-0.05, 0) is 31.2 Å². The second-order valence-electron chi connectivity index (χ2n) is 6.94. The summed E-state index contributed by atoms with van der Waals surface area (Å²) in [6.45, 7) is 4.50. The normalized spacial score (nSPS) is 20.0. The van der Waals surface area contributed by atoms with E-state index in [0.29, 0.717) is 19.6 Å². The van der Waals surface area contributed by atoms with Crippen LogP contribution in [-0.2, 0) is 13.0 Å². The Morgan fingerprint density at radius 3 is 3.04 bits per heavy atom. The van der Waals surface area contributed by atoms with Crippen molar-refractivity contribution < 1.29 is 9.59 Å². The SMILES string of the molecule is Cc1nc2c([nH]1)CN(C(=O)NC1CCCN(C(=O)c3cccs3)C1)CC2. The molecule has 0 aromatic carbocycles. The number of hydrogen-bond acceptors (Lipinski definition) is 4. The number of thiophene rings is 1. The summed E-state index contributed by atoms with van der Waals surface area (Å²) in [5.74, 6) is 0.960. The van der Waals surface area contributed by atoms with E-state index in [-0.39, 0.29) is 18.0 Å². The summed E-state index contributed by atoms with van der Waals surface area (Å²) in [5, 5.41) is 5.03. The van der Waals surface area contributed by atoms with Crippen LogP contribution in [0.1, 0.15) is 39.7 Å². The van der Waals surface area contributed by atoms with Crippen LogP contribution >= 0.6 is 11.3 Å². The molecule has 0 bridgehead atoms. The van der Waals surface area contributed by atoms with Crippen LogP contribution in [0, 0.1) is 6.92 Å². The summed E-state index contributed by atoms with van der Waals surface area (Å²) in [4.78, 5) is 37.3. The van der Waals surface area contributed by atoms with Gasteiger partial charge in [0.2, 0.25) is 0 Å². The Kier molecular flexibility index (Phi) is 4.67. The second-order valence-corrected chi connectivity index (χ2v) is 7.88. The number of aromatic amines is 1. The minimum Gasteiger partial charge on any atom is -0.344 e. The average molecular weight is 373 g/mol. The smallest absolute Gasteiger partial charge is 0.318 e. The van der Waals surface area contributed by atoms with Gasteiger partial charge in [0.25, 0.3) is 5.91 Å². The summed E-state index contributed by atoms with van der Waals surface area (Å²) in [6.07, 6.45) is 2.59. The first-order valence-corrected chi connectivity index (χ1v) is 9.90. The molecule has 2 aromatic rings. The maximum atomic E-state index is 12.7. The quantitative estimate of drug-likeness (QED) is 0.846. The number of amides is 3. The number of likely N-dealkylation sites (tertiary alicyclic amines) is 1. The van der Waals surface area contributed by atoms with Gasteiger partial charge in [0.15, 0.2) is 0 Å². The topological polar surface area (TPSA) is 81.3 Å². The van der Waals surface area contributed by atoms with E-state index in [1.807, 2.05) is 34.2 Å². The van der Waals surface area contributed by atoms with Gasteiger partial charge in [-0.15, -0.1) is 11.3 Å². The molecule has 26 heavy (non-hydrogen) atoms. The number of carbonyl (C=O) groups is 2.